The van der Waals surface area contributed by atoms with E-state index >= 15 is 0 Å². The number of hydrogen-bond donors (Lipinski definition) is 1. The molecule has 0 bridgehead atoms. The van der Waals surface area contributed by atoms with E-state index in [1.807, 2.05) is 13.0 Å². The zero-order valence-electron chi connectivity index (χ0n) is 9.30. The van der Waals surface area contributed by atoms with E-state index in [-0.39, 0.29) is 11.9 Å². The molecule has 0 radical (unpaired) electrons. The highest BCUT2D eigenvalue weighted by molar-refractivity contribution is 9.10. The Labute approximate surface area is 106 Å². The molecule has 1 aromatic rings. The van der Waals surface area contributed by atoms with E-state index in [2.05, 4.69) is 21.2 Å². The van der Waals surface area contributed by atoms with Crippen LogP contribution in [0.5, 0.6) is 0 Å². The molecule has 1 N–H and O–H groups in total. The van der Waals surface area contributed by atoms with Crippen LogP contribution in [0.1, 0.15) is 12.5 Å². The average Bonchev–Trinajstić information content (AvgIpc) is 2.12. The third kappa shape index (κ3) is 5.18. The van der Waals surface area contributed by atoms with Crippen molar-refractivity contribution in [3.8, 4) is 0 Å². The second-order valence-corrected chi connectivity index (χ2v) is 6.19. The standard InChI is InChI=1S/C11H15BrFNOS/c1-8(7-16(2)15)14-6-9-3-10(12)5-11(13)4-9/h3-5,8,14H,6-7H2,1-2H3. The Morgan fingerprint density at radius 1 is 1.50 bits per heavy atom. The molecule has 0 aromatic heterocycles. The van der Waals surface area contributed by atoms with E-state index in [0.29, 0.717) is 12.3 Å². The highest BCUT2D eigenvalue weighted by atomic mass is 79.9. The minimum Gasteiger partial charge on any atom is -0.309 e. The Hall–Kier alpha value is -0.260. The van der Waals surface area contributed by atoms with Gasteiger partial charge in [0.2, 0.25) is 0 Å². The van der Waals surface area contributed by atoms with Gasteiger partial charge >= 0.3 is 0 Å². The van der Waals surface area contributed by atoms with Crippen molar-refractivity contribution in [1.29, 1.82) is 0 Å². The lowest BCUT2D eigenvalue weighted by atomic mass is 10.2. The van der Waals surface area contributed by atoms with Gasteiger partial charge in [0, 0.05) is 39.9 Å². The number of hydrogen-bond acceptors (Lipinski definition) is 2. The van der Waals surface area contributed by atoms with Crippen molar-refractivity contribution in [3.63, 3.8) is 0 Å². The monoisotopic (exact) mass is 307 g/mol. The van der Waals surface area contributed by atoms with Crippen LogP contribution in [0.4, 0.5) is 4.39 Å². The number of benzene rings is 1. The quantitative estimate of drug-likeness (QED) is 0.905. The van der Waals surface area contributed by atoms with Crippen LogP contribution in [0.2, 0.25) is 0 Å². The van der Waals surface area contributed by atoms with Crippen molar-refractivity contribution >= 4 is 26.7 Å². The van der Waals surface area contributed by atoms with Gasteiger partial charge in [-0.05, 0) is 30.7 Å². The van der Waals surface area contributed by atoms with Crippen LogP contribution in [-0.2, 0) is 17.3 Å². The van der Waals surface area contributed by atoms with Gasteiger partial charge in [-0.25, -0.2) is 4.39 Å². The number of nitrogens with one attached hydrogen (secondary N) is 1. The molecule has 2 atom stereocenters. The van der Waals surface area contributed by atoms with Crippen molar-refractivity contribution in [3.05, 3.63) is 34.1 Å². The molecule has 0 aliphatic heterocycles. The maximum atomic E-state index is 13.1. The lowest BCUT2D eigenvalue weighted by molar-refractivity contribution is 0.580. The van der Waals surface area contributed by atoms with Crippen molar-refractivity contribution in [2.45, 2.75) is 19.5 Å². The fraction of sp³-hybridized carbons (Fsp3) is 0.455. The first-order valence-corrected chi connectivity index (χ1v) is 7.48. The Morgan fingerprint density at radius 3 is 2.75 bits per heavy atom. The van der Waals surface area contributed by atoms with E-state index in [0.717, 1.165) is 10.0 Å². The van der Waals surface area contributed by atoms with E-state index in [1.165, 1.54) is 12.1 Å². The summed E-state index contributed by atoms with van der Waals surface area (Å²) in [5.41, 5.74) is 0.876. The fourth-order valence-corrected chi connectivity index (χ4v) is 2.75. The lowest BCUT2D eigenvalue weighted by Gasteiger charge is -2.12. The summed E-state index contributed by atoms with van der Waals surface area (Å²) in [5.74, 6) is 0.356. The zero-order chi connectivity index (χ0) is 12.1. The van der Waals surface area contributed by atoms with Gasteiger partial charge in [0.1, 0.15) is 5.82 Å². The summed E-state index contributed by atoms with van der Waals surface area (Å²) >= 11 is 3.24. The first kappa shape index (κ1) is 13.8. The maximum absolute atomic E-state index is 13.1. The molecule has 1 rings (SSSR count). The van der Waals surface area contributed by atoms with Crippen molar-refractivity contribution in [2.75, 3.05) is 12.0 Å². The lowest BCUT2D eigenvalue weighted by Crippen LogP contribution is -2.30. The summed E-state index contributed by atoms with van der Waals surface area (Å²) in [6.45, 7) is 2.55. The Balaban J connectivity index is 2.51. The third-order valence-electron chi connectivity index (χ3n) is 2.06. The molecule has 5 heteroatoms. The average molecular weight is 308 g/mol. The molecular formula is C11H15BrFNOS. The summed E-state index contributed by atoms with van der Waals surface area (Å²) in [5, 5.41) is 3.20. The van der Waals surface area contributed by atoms with Crippen molar-refractivity contribution < 1.29 is 8.60 Å². The predicted molar refractivity (Wildman–Crippen MR) is 69.3 cm³/mol. The second kappa shape index (κ2) is 6.47. The van der Waals surface area contributed by atoms with Crippen LogP contribution < -0.4 is 5.32 Å². The summed E-state index contributed by atoms with van der Waals surface area (Å²) in [7, 11) is -0.808. The first-order chi connectivity index (χ1) is 7.47. The van der Waals surface area contributed by atoms with Crippen LogP contribution >= 0.6 is 15.9 Å². The van der Waals surface area contributed by atoms with Gasteiger partial charge in [0.05, 0.1) is 0 Å². The highest BCUT2D eigenvalue weighted by Crippen LogP contribution is 2.14. The van der Waals surface area contributed by atoms with Gasteiger partial charge in [-0.15, -0.1) is 0 Å². The normalized spacial score (nSPS) is 14.8. The largest absolute Gasteiger partial charge is 0.309 e. The third-order valence-corrected chi connectivity index (χ3v) is 3.49. The van der Waals surface area contributed by atoms with E-state index in [4.69, 9.17) is 0 Å². The highest BCUT2D eigenvalue weighted by Gasteiger charge is 2.04. The first-order valence-electron chi connectivity index (χ1n) is 4.95. The zero-order valence-corrected chi connectivity index (χ0v) is 11.7. The molecule has 0 aliphatic rings. The molecule has 90 valence electrons. The van der Waals surface area contributed by atoms with Gasteiger partial charge in [0.15, 0.2) is 0 Å². The topological polar surface area (TPSA) is 29.1 Å². The van der Waals surface area contributed by atoms with Crippen LogP contribution in [0.15, 0.2) is 22.7 Å². The minimum absolute atomic E-state index is 0.160. The van der Waals surface area contributed by atoms with E-state index in [9.17, 15) is 8.60 Å². The molecule has 0 saturated carbocycles. The second-order valence-electron chi connectivity index (χ2n) is 3.80. The SMILES string of the molecule is CC(CS(C)=O)NCc1cc(F)cc(Br)c1. The fourth-order valence-electron chi connectivity index (χ4n) is 1.42. The van der Waals surface area contributed by atoms with E-state index in [1.54, 1.807) is 6.26 Å². The summed E-state index contributed by atoms with van der Waals surface area (Å²) < 4.78 is 24.8. The molecule has 0 saturated heterocycles. The van der Waals surface area contributed by atoms with Crippen LogP contribution in [-0.4, -0.2) is 22.3 Å². The van der Waals surface area contributed by atoms with Gasteiger partial charge < -0.3 is 5.32 Å². The van der Waals surface area contributed by atoms with Gasteiger partial charge in [-0.1, -0.05) is 15.9 Å². The molecular weight excluding hydrogens is 293 g/mol. The van der Waals surface area contributed by atoms with Crippen LogP contribution in [0, 0.1) is 5.82 Å². The maximum Gasteiger partial charge on any atom is 0.124 e. The molecule has 2 unspecified atom stereocenters. The number of rotatable bonds is 5. The molecule has 0 amide bonds. The number of halogens is 2. The van der Waals surface area contributed by atoms with Crippen molar-refractivity contribution in [1.82, 2.24) is 5.32 Å². The minimum atomic E-state index is -0.808. The molecule has 0 spiro atoms. The van der Waals surface area contributed by atoms with Crippen molar-refractivity contribution in [2.24, 2.45) is 0 Å². The van der Waals surface area contributed by atoms with E-state index < -0.39 is 10.8 Å². The molecule has 1 aromatic carbocycles. The molecule has 2 nitrogen and oxygen atoms in total. The van der Waals surface area contributed by atoms with Crippen LogP contribution in [0.25, 0.3) is 0 Å². The molecule has 0 aliphatic carbocycles. The Kier molecular flexibility index (Phi) is 5.58. The predicted octanol–water partition coefficient (Wildman–Crippen LogP) is 2.44. The Morgan fingerprint density at radius 2 is 2.19 bits per heavy atom. The summed E-state index contributed by atoms with van der Waals surface area (Å²) in [4.78, 5) is 0. The summed E-state index contributed by atoms with van der Waals surface area (Å²) in [6.07, 6.45) is 1.68. The summed E-state index contributed by atoms with van der Waals surface area (Å²) in [6, 6.07) is 4.94. The van der Waals surface area contributed by atoms with Gasteiger partial charge in [-0.2, -0.15) is 0 Å². The molecule has 0 fully saturated rings. The van der Waals surface area contributed by atoms with Gasteiger partial charge in [0.25, 0.3) is 0 Å². The Bertz CT molecular complexity index is 366. The molecule has 0 heterocycles. The smallest absolute Gasteiger partial charge is 0.124 e. The van der Waals surface area contributed by atoms with Crippen LogP contribution in [0.3, 0.4) is 0 Å². The molecule has 16 heavy (non-hydrogen) atoms. The van der Waals surface area contributed by atoms with Gasteiger partial charge in [-0.3, -0.25) is 4.21 Å².